The minimum absolute atomic E-state index is 0.235. The molecule has 1 aromatic carbocycles. The zero-order valence-corrected chi connectivity index (χ0v) is 10.3. The van der Waals surface area contributed by atoms with E-state index in [4.69, 9.17) is 0 Å². The van der Waals surface area contributed by atoms with Gasteiger partial charge in [-0.1, -0.05) is 12.1 Å². The lowest BCUT2D eigenvalue weighted by Gasteiger charge is -1.98. The highest BCUT2D eigenvalue weighted by molar-refractivity contribution is 7.13. The Kier molecular flexibility index (Phi) is 2.90. The van der Waals surface area contributed by atoms with Gasteiger partial charge >= 0.3 is 0 Å². The minimum atomic E-state index is -0.235. The van der Waals surface area contributed by atoms with Crippen LogP contribution in [-0.2, 0) is 6.54 Å². The van der Waals surface area contributed by atoms with Gasteiger partial charge in [0.1, 0.15) is 10.8 Å². The third-order valence-electron chi connectivity index (χ3n) is 2.56. The number of hydrogen-bond donors (Lipinski definition) is 0. The van der Waals surface area contributed by atoms with E-state index >= 15 is 0 Å². The molecular formula is C13H10FN3S. The molecule has 0 N–H and O–H groups in total. The molecule has 0 aliphatic carbocycles. The molecule has 0 atom stereocenters. The summed E-state index contributed by atoms with van der Waals surface area (Å²) in [6.07, 6.45) is 5.34. The second kappa shape index (κ2) is 4.70. The molecule has 0 unspecified atom stereocenters. The Bertz CT molecular complexity index is 646. The Hall–Kier alpha value is -2.01. The van der Waals surface area contributed by atoms with E-state index in [1.807, 2.05) is 22.2 Å². The van der Waals surface area contributed by atoms with Crippen LogP contribution in [0.25, 0.3) is 10.6 Å². The summed E-state index contributed by atoms with van der Waals surface area (Å²) >= 11 is 1.45. The van der Waals surface area contributed by atoms with Gasteiger partial charge in [-0.15, -0.1) is 11.3 Å². The molecule has 3 rings (SSSR count). The molecule has 90 valence electrons. The largest absolute Gasteiger partial charge is 0.331 e. The van der Waals surface area contributed by atoms with E-state index in [2.05, 4.69) is 9.97 Å². The smallest absolute Gasteiger partial charge is 0.133 e. The fraction of sp³-hybridized carbons (Fsp3) is 0.0769. The van der Waals surface area contributed by atoms with Crippen LogP contribution in [-0.4, -0.2) is 14.5 Å². The van der Waals surface area contributed by atoms with E-state index in [1.165, 1.54) is 17.4 Å². The van der Waals surface area contributed by atoms with Crippen LogP contribution in [0.2, 0.25) is 0 Å². The van der Waals surface area contributed by atoms with Crippen molar-refractivity contribution in [2.75, 3.05) is 0 Å². The zero-order valence-electron chi connectivity index (χ0n) is 9.45. The maximum atomic E-state index is 13.6. The predicted molar refractivity (Wildman–Crippen MR) is 68.8 cm³/mol. The number of hydrogen-bond acceptors (Lipinski definition) is 3. The molecule has 0 saturated carbocycles. The third kappa shape index (κ3) is 2.17. The van der Waals surface area contributed by atoms with Gasteiger partial charge in [0.2, 0.25) is 0 Å². The van der Waals surface area contributed by atoms with E-state index < -0.39 is 0 Å². The fourth-order valence-electron chi connectivity index (χ4n) is 1.71. The van der Waals surface area contributed by atoms with Crippen molar-refractivity contribution in [2.45, 2.75) is 6.54 Å². The molecule has 0 bridgehead atoms. The molecule has 0 spiro atoms. The van der Waals surface area contributed by atoms with Gasteiger partial charge in [0, 0.05) is 23.3 Å². The van der Waals surface area contributed by atoms with Crippen LogP contribution in [0.1, 0.15) is 5.69 Å². The van der Waals surface area contributed by atoms with E-state index in [-0.39, 0.29) is 5.82 Å². The SMILES string of the molecule is Fc1ccccc1-c1nc(Cn2ccnc2)cs1. The van der Waals surface area contributed by atoms with Gasteiger partial charge in [0.15, 0.2) is 0 Å². The first-order valence-corrected chi connectivity index (χ1v) is 6.36. The Morgan fingerprint density at radius 2 is 2.17 bits per heavy atom. The Morgan fingerprint density at radius 3 is 2.94 bits per heavy atom. The second-order valence-electron chi connectivity index (χ2n) is 3.86. The van der Waals surface area contributed by atoms with Crippen LogP contribution in [0.5, 0.6) is 0 Å². The first-order valence-electron chi connectivity index (χ1n) is 5.48. The van der Waals surface area contributed by atoms with Crippen molar-refractivity contribution in [2.24, 2.45) is 0 Å². The third-order valence-corrected chi connectivity index (χ3v) is 3.48. The molecule has 0 aliphatic heterocycles. The number of imidazole rings is 1. The number of rotatable bonds is 3. The van der Waals surface area contributed by atoms with Crippen molar-refractivity contribution in [1.82, 2.24) is 14.5 Å². The molecule has 18 heavy (non-hydrogen) atoms. The molecule has 2 aromatic heterocycles. The van der Waals surface area contributed by atoms with Crippen molar-refractivity contribution >= 4 is 11.3 Å². The molecule has 0 aliphatic rings. The van der Waals surface area contributed by atoms with E-state index in [0.717, 1.165) is 5.69 Å². The number of benzene rings is 1. The average Bonchev–Trinajstić information content (AvgIpc) is 3.02. The number of nitrogens with zero attached hydrogens (tertiary/aromatic N) is 3. The summed E-state index contributed by atoms with van der Waals surface area (Å²) in [6.45, 7) is 0.658. The van der Waals surface area contributed by atoms with Crippen molar-refractivity contribution in [3.8, 4) is 10.6 Å². The molecule has 0 radical (unpaired) electrons. The molecule has 0 fully saturated rings. The molecule has 5 heteroatoms. The topological polar surface area (TPSA) is 30.7 Å². The Balaban J connectivity index is 1.88. The first-order chi connectivity index (χ1) is 8.83. The van der Waals surface area contributed by atoms with Gasteiger partial charge in [-0.05, 0) is 12.1 Å². The number of thiazole rings is 1. The lowest BCUT2D eigenvalue weighted by molar-refractivity contribution is 0.631. The summed E-state index contributed by atoms with van der Waals surface area (Å²) in [7, 11) is 0. The van der Waals surface area contributed by atoms with Crippen LogP contribution in [0.15, 0.2) is 48.4 Å². The maximum absolute atomic E-state index is 13.6. The Morgan fingerprint density at radius 1 is 1.28 bits per heavy atom. The average molecular weight is 259 g/mol. The highest BCUT2D eigenvalue weighted by Gasteiger charge is 2.09. The van der Waals surface area contributed by atoms with Crippen LogP contribution >= 0.6 is 11.3 Å². The molecule has 3 aromatic rings. The van der Waals surface area contributed by atoms with Crippen molar-refractivity contribution < 1.29 is 4.39 Å². The second-order valence-corrected chi connectivity index (χ2v) is 4.72. The quantitative estimate of drug-likeness (QED) is 0.723. The lowest BCUT2D eigenvalue weighted by atomic mass is 10.2. The summed E-state index contributed by atoms with van der Waals surface area (Å²) in [6, 6.07) is 6.69. The van der Waals surface area contributed by atoms with Gasteiger partial charge < -0.3 is 4.57 Å². The van der Waals surface area contributed by atoms with Crippen molar-refractivity contribution in [3.63, 3.8) is 0 Å². The summed E-state index contributed by atoms with van der Waals surface area (Å²) in [5.74, 6) is -0.235. The number of aromatic nitrogens is 3. The van der Waals surface area contributed by atoms with Gasteiger partial charge in [-0.2, -0.15) is 0 Å². The highest BCUT2D eigenvalue weighted by Crippen LogP contribution is 2.26. The van der Waals surface area contributed by atoms with Crippen LogP contribution in [0, 0.1) is 5.82 Å². The highest BCUT2D eigenvalue weighted by atomic mass is 32.1. The predicted octanol–water partition coefficient (Wildman–Crippen LogP) is 3.19. The summed E-state index contributed by atoms with van der Waals surface area (Å²) in [5.41, 5.74) is 1.47. The zero-order chi connectivity index (χ0) is 12.4. The maximum Gasteiger partial charge on any atom is 0.133 e. The van der Waals surface area contributed by atoms with Crippen LogP contribution in [0.4, 0.5) is 4.39 Å². The summed E-state index contributed by atoms with van der Waals surface area (Å²) in [4.78, 5) is 8.42. The molecule has 2 heterocycles. The van der Waals surface area contributed by atoms with Crippen LogP contribution < -0.4 is 0 Å². The monoisotopic (exact) mass is 259 g/mol. The van der Waals surface area contributed by atoms with Crippen molar-refractivity contribution in [3.05, 3.63) is 59.9 Å². The van der Waals surface area contributed by atoms with Gasteiger partial charge in [0.25, 0.3) is 0 Å². The van der Waals surface area contributed by atoms with Gasteiger partial charge in [0.05, 0.1) is 18.6 Å². The Labute approximate surface area is 108 Å². The van der Waals surface area contributed by atoms with E-state index in [0.29, 0.717) is 17.1 Å². The van der Waals surface area contributed by atoms with Gasteiger partial charge in [-0.3, -0.25) is 0 Å². The van der Waals surface area contributed by atoms with Crippen molar-refractivity contribution in [1.29, 1.82) is 0 Å². The van der Waals surface area contributed by atoms with Crippen LogP contribution in [0.3, 0.4) is 0 Å². The molecule has 0 saturated heterocycles. The first kappa shape index (κ1) is 11.1. The van der Waals surface area contributed by atoms with E-state index in [9.17, 15) is 4.39 Å². The normalized spacial score (nSPS) is 10.7. The van der Waals surface area contributed by atoms with Gasteiger partial charge in [-0.25, -0.2) is 14.4 Å². The number of halogens is 1. The van der Waals surface area contributed by atoms with E-state index in [1.54, 1.807) is 24.7 Å². The minimum Gasteiger partial charge on any atom is -0.331 e. The lowest BCUT2D eigenvalue weighted by Crippen LogP contribution is -1.96. The molecule has 0 amide bonds. The standard InChI is InChI=1S/C13H10FN3S/c14-12-4-2-1-3-11(12)13-16-10(8-18-13)7-17-6-5-15-9-17/h1-6,8-9H,7H2. The summed E-state index contributed by atoms with van der Waals surface area (Å²) < 4.78 is 15.5. The molecular weight excluding hydrogens is 249 g/mol. The summed E-state index contributed by atoms with van der Waals surface area (Å²) in [5, 5.41) is 2.66. The fourth-order valence-corrected chi connectivity index (χ4v) is 2.54. The molecule has 3 nitrogen and oxygen atoms in total.